The summed E-state index contributed by atoms with van der Waals surface area (Å²) >= 11 is 9.58. The van der Waals surface area contributed by atoms with Crippen LogP contribution >= 0.6 is 27.5 Å². The Balaban J connectivity index is 1.95. The summed E-state index contributed by atoms with van der Waals surface area (Å²) in [7, 11) is 0. The first-order chi connectivity index (χ1) is 17.0. The Labute approximate surface area is 224 Å². The zero-order valence-corrected chi connectivity index (χ0v) is 22.8. The second-order valence-corrected chi connectivity index (χ2v) is 10.7. The van der Waals surface area contributed by atoms with Crippen molar-refractivity contribution in [3.63, 3.8) is 0 Å². The number of carbonyl (C=O) groups is 2. The lowest BCUT2D eigenvalue weighted by molar-refractivity contribution is -0.143. The topological polar surface area (TPSA) is 58.6 Å². The molecule has 0 aromatic heterocycles. The van der Waals surface area contributed by atoms with Gasteiger partial charge >= 0.3 is 0 Å². The predicted octanol–water partition coefficient (Wildman–Crippen LogP) is 6.18. The standard InChI is InChI=1S/C28H29BrClFN2O3/c1-28(2,3)32-27(35)24(15-19-9-5-4-6-10-19)33(17-20-11-7-8-12-23(20)31)26(34)18-36-25-14-13-21(29)16-22(25)30/h4-14,16,24H,15,17-18H2,1-3H3,(H,32,35)/t24-/m1/s1. The molecule has 0 saturated carbocycles. The molecule has 5 nitrogen and oxygen atoms in total. The van der Waals surface area contributed by atoms with Gasteiger partial charge in [-0.2, -0.15) is 0 Å². The highest BCUT2D eigenvalue weighted by Gasteiger charge is 2.33. The molecule has 0 aliphatic rings. The zero-order valence-electron chi connectivity index (χ0n) is 20.4. The number of nitrogens with zero attached hydrogens (tertiary/aromatic N) is 1. The molecule has 3 aromatic carbocycles. The number of rotatable bonds is 9. The predicted molar refractivity (Wildman–Crippen MR) is 143 cm³/mol. The Morgan fingerprint density at radius 1 is 1.06 bits per heavy atom. The first-order valence-corrected chi connectivity index (χ1v) is 12.7. The maximum Gasteiger partial charge on any atom is 0.261 e. The largest absolute Gasteiger partial charge is 0.482 e. The SMILES string of the molecule is CC(C)(C)NC(=O)[C@@H](Cc1ccccc1)N(Cc1ccccc1F)C(=O)COc1ccc(Br)cc1Cl. The summed E-state index contributed by atoms with van der Waals surface area (Å²) in [5.41, 5.74) is 0.643. The molecule has 1 atom stereocenters. The highest BCUT2D eigenvalue weighted by molar-refractivity contribution is 9.10. The fraction of sp³-hybridized carbons (Fsp3) is 0.286. The number of ether oxygens (including phenoxy) is 1. The smallest absolute Gasteiger partial charge is 0.261 e. The van der Waals surface area contributed by atoms with E-state index in [2.05, 4.69) is 21.2 Å². The van der Waals surface area contributed by atoms with Crippen LogP contribution in [0.1, 0.15) is 31.9 Å². The van der Waals surface area contributed by atoms with E-state index in [0.717, 1.165) is 10.0 Å². The van der Waals surface area contributed by atoms with Crippen LogP contribution in [0.25, 0.3) is 0 Å². The average molecular weight is 576 g/mol. The molecule has 0 aliphatic carbocycles. The Morgan fingerprint density at radius 2 is 1.72 bits per heavy atom. The molecule has 1 N–H and O–H groups in total. The lowest BCUT2D eigenvalue weighted by Crippen LogP contribution is -2.55. The minimum absolute atomic E-state index is 0.0992. The highest BCUT2D eigenvalue weighted by Crippen LogP contribution is 2.28. The number of hydrogen-bond donors (Lipinski definition) is 1. The fourth-order valence-corrected chi connectivity index (χ4v) is 4.36. The number of carbonyl (C=O) groups excluding carboxylic acids is 2. The van der Waals surface area contributed by atoms with E-state index in [4.69, 9.17) is 16.3 Å². The number of benzene rings is 3. The molecule has 0 unspecified atom stereocenters. The summed E-state index contributed by atoms with van der Waals surface area (Å²) in [4.78, 5) is 28.4. The molecule has 0 fully saturated rings. The number of nitrogens with one attached hydrogen (secondary N) is 1. The van der Waals surface area contributed by atoms with Crippen LogP contribution in [0.3, 0.4) is 0 Å². The molecule has 0 spiro atoms. The Morgan fingerprint density at radius 3 is 2.36 bits per heavy atom. The lowest BCUT2D eigenvalue weighted by Gasteiger charge is -2.33. The summed E-state index contributed by atoms with van der Waals surface area (Å²) in [6.07, 6.45) is 0.252. The Hall–Kier alpha value is -2.90. The third kappa shape index (κ3) is 8.07. The molecule has 3 rings (SSSR count). The monoisotopic (exact) mass is 574 g/mol. The number of halogens is 3. The highest BCUT2D eigenvalue weighted by atomic mass is 79.9. The molecular formula is C28H29BrClFN2O3. The van der Waals surface area contributed by atoms with E-state index in [0.29, 0.717) is 16.3 Å². The third-order valence-electron chi connectivity index (χ3n) is 5.31. The summed E-state index contributed by atoms with van der Waals surface area (Å²) in [5.74, 6) is -0.931. The van der Waals surface area contributed by atoms with Crippen molar-refractivity contribution in [2.45, 2.75) is 45.3 Å². The van der Waals surface area contributed by atoms with Gasteiger partial charge in [0.1, 0.15) is 17.6 Å². The van der Waals surface area contributed by atoms with Crippen molar-refractivity contribution in [2.24, 2.45) is 0 Å². The van der Waals surface area contributed by atoms with E-state index in [-0.39, 0.29) is 25.5 Å². The van der Waals surface area contributed by atoms with Gasteiger partial charge in [-0.25, -0.2) is 4.39 Å². The third-order valence-corrected chi connectivity index (χ3v) is 6.10. The van der Waals surface area contributed by atoms with Gasteiger partial charge in [0.05, 0.1) is 5.02 Å². The van der Waals surface area contributed by atoms with Crippen molar-refractivity contribution in [1.82, 2.24) is 10.2 Å². The maximum absolute atomic E-state index is 14.6. The van der Waals surface area contributed by atoms with Gasteiger partial charge in [-0.3, -0.25) is 9.59 Å². The van der Waals surface area contributed by atoms with E-state index in [1.54, 1.807) is 36.4 Å². The van der Waals surface area contributed by atoms with Crippen molar-refractivity contribution in [2.75, 3.05) is 6.61 Å². The van der Waals surface area contributed by atoms with Crippen molar-refractivity contribution >= 4 is 39.3 Å². The molecule has 0 aliphatic heterocycles. The Kier molecular flexibility index (Phi) is 9.51. The molecular weight excluding hydrogens is 547 g/mol. The van der Waals surface area contributed by atoms with Crippen molar-refractivity contribution < 1.29 is 18.7 Å². The maximum atomic E-state index is 14.6. The van der Waals surface area contributed by atoms with E-state index in [1.165, 1.54) is 11.0 Å². The summed E-state index contributed by atoms with van der Waals surface area (Å²) in [6, 6.07) is 19.8. The van der Waals surface area contributed by atoms with Gasteiger partial charge in [-0.05, 0) is 50.6 Å². The van der Waals surface area contributed by atoms with Gasteiger partial charge < -0.3 is 15.0 Å². The first-order valence-electron chi connectivity index (χ1n) is 11.5. The molecule has 0 radical (unpaired) electrons. The second-order valence-electron chi connectivity index (χ2n) is 9.42. The van der Waals surface area contributed by atoms with E-state index in [1.807, 2.05) is 51.1 Å². The van der Waals surface area contributed by atoms with Gasteiger partial charge in [-0.15, -0.1) is 0 Å². The minimum atomic E-state index is -0.900. The first kappa shape index (κ1) is 27.7. The van der Waals surface area contributed by atoms with Crippen LogP contribution in [-0.2, 0) is 22.6 Å². The normalized spacial score (nSPS) is 12.1. The Bertz CT molecular complexity index is 1200. The molecule has 8 heteroatoms. The summed E-state index contributed by atoms with van der Waals surface area (Å²) in [5, 5.41) is 3.31. The molecule has 3 aromatic rings. The average Bonchev–Trinajstić information content (AvgIpc) is 2.81. The van der Waals surface area contributed by atoms with Crippen LogP contribution in [0, 0.1) is 5.82 Å². The van der Waals surface area contributed by atoms with Crippen LogP contribution in [0.5, 0.6) is 5.75 Å². The number of amides is 2. The van der Waals surface area contributed by atoms with Crippen LogP contribution in [0.4, 0.5) is 4.39 Å². The van der Waals surface area contributed by atoms with Gasteiger partial charge in [0.15, 0.2) is 6.61 Å². The second kappa shape index (κ2) is 12.4. The van der Waals surface area contributed by atoms with Gasteiger partial charge in [0.25, 0.3) is 5.91 Å². The van der Waals surface area contributed by atoms with Crippen LogP contribution in [-0.4, -0.2) is 34.9 Å². The van der Waals surface area contributed by atoms with Crippen molar-refractivity contribution in [3.05, 3.63) is 99.2 Å². The van der Waals surface area contributed by atoms with Crippen LogP contribution in [0.15, 0.2) is 77.3 Å². The van der Waals surface area contributed by atoms with Crippen molar-refractivity contribution in [3.8, 4) is 5.75 Å². The fourth-order valence-electron chi connectivity index (χ4n) is 3.63. The molecule has 2 amide bonds. The zero-order chi connectivity index (χ0) is 26.3. The molecule has 190 valence electrons. The summed E-state index contributed by atoms with van der Waals surface area (Å²) in [6.45, 7) is 5.13. The number of hydrogen-bond acceptors (Lipinski definition) is 3. The quantitative estimate of drug-likeness (QED) is 0.332. The van der Waals surface area contributed by atoms with Crippen molar-refractivity contribution in [1.29, 1.82) is 0 Å². The van der Waals surface area contributed by atoms with Crippen LogP contribution in [0.2, 0.25) is 5.02 Å². The molecule has 0 heterocycles. The van der Waals surface area contributed by atoms with Gasteiger partial charge in [-0.1, -0.05) is 76.1 Å². The molecule has 0 saturated heterocycles. The van der Waals surface area contributed by atoms with E-state index in [9.17, 15) is 14.0 Å². The van der Waals surface area contributed by atoms with E-state index >= 15 is 0 Å². The van der Waals surface area contributed by atoms with Gasteiger partial charge in [0, 0.05) is 28.5 Å². The lowest BCUT2D eigenvalue weighted by atomic mass is 10.0. The molecule has 36 heavy (non-hydrogen) atoms. The van der Waals surface area contributed by atoms with Gasteiger partial charge in [0.2, 0.25) is 5.91 Å². The van der Waals surface area contributed by atoms with Crippen LogP contribution < -0.4 is 10.1 Å². The minimum Gasteiger partial charge on any atom is -0.482 e. The molecule has 0 bridgehead atoms. The summed E-state index contributed by atoms with van der Waals surface area (Å²) < 4.78 is 21.1. The van der Waals surface area contributed by atoms with E-state index < -0.39 is 23.3 Å².